The Bertz CT molecular complexity index is 1440. The van der Waals surface area contributed by atoms with Crippen molar-refractivity contribution in [1.29, 1.82) is 0 Å². The number of allylic oxidation sites excluding steroid dienone is 18. The van der Waals surface area contributed by atoms with Gasteiger partial charge in [0.15, 0.2) is 0 Å². The highest BCUT2D eigenvalue weighted by molar-refractivity contribution is 7.45. The van der Waals surface area contributed by atoms with Crippen molar-refractivity contribution in [1.82, 2.24) is 5.32 Å². The number of quaternary nitrogens is 1. The number of carbonyl (C=O) groups is 1. The Morgan fingerprint density at radius 3 is 1.43 bits per heavy atom. The Kier molecular flexibility index (Phi) is 42.9. The standard InChI is InChI=1S/C55H95N2O7P/c1-6-8-10-12-14-16-18-20-21-22-23-24-25-26-27-28-29-30-31-32-33-34-35-36-38-40-42-44-46-48-54(59)56-52(51-64-65(61,62)63-50-49-57(3,4)5)55(60)53(58)47-45-43-41-39-37-19-17-15-13-11-9-7-2/h8,10,14,16,20-21,23-24,26-27,29-30,32-33,35-36,39,41,52-53,55,58,60H,6-7,9,11-13,15,17-19,22,25,28,31,34,37-38,40,42-51H2,1-5H3,(H-,56,59,61,62)/b10-8-,16-14-,21-20-,24-23-,27-26-,30-29-,33-32-,36-35-,41-39+. The van der Waals surface area contributed by atoms with E-state index in [1.807, 2.05) is 21.1 Å². The molecule has 0 aromatic heterocycles. The van der Waals surface area contributed by atoms with Gasteiger partial charge in [-0.05, 0) is 103 Å². The first kappa shape index (κ1) is 62.1. The SMILES string of the molecule is CC/C=C\C/C=C\C/C=C\C/C=C\C/C=C\C/C=C\C/C=C\C/C=C\CCCCCCC(=O)NC(COP(=O)([O-])OCC[N+](C)(C)C)C(O)C(O)CCC/C=C/CCCCCCCCC. The second kappa shape index (κ2) is 44.9. The van der Waals surface area contributed by atoms with Crippen LogP contribution in [0.2, 0.25) is 0 Å². The van der Waals surface area contributed by atoms with Gasteiger partial charge in [0.1, 0.15) is 19.3 Å². The molecule has 3 N–H and O–H groups in total. The van der Waals surface area contributed by atoms with Crippen LogP contribution in [0.15, 0.2) is 109 Å². The minimum Gasteiger partial charge on any atom is -0.756 e. The van der Waals surface area contributed by atoms with Crippen LogP contribution in [0, 0.1) is 0 Å². The molecule has 0 aromatic carbocycles. The molecule has 0 fully saturated rings. The molecule has 372 valence electrons. The molecule has 0 aliphatic carbocycles. The van der Waals surface area contributed by atoms with Crippen molar-refractivity contribution in [3.63, 3.8) is 0 Å². The monoisotopic (exact) mass is 927 g/mol. The van der Waals surface area contributed by atoms with Crippen LogP contribution in [0.1, 0.15) is 174 Å². The molecule has 0 saturated carbocycles. The van der Waals surface area contributed by atoms with Gasteiger partial charge in [0.2, 0.25) is 5.91 Å². The average Bonchev–Trinajstić information content (AvgIpc) is 3.26. The number of aliphatic hydroxyl groups excluding tert-OH is 2. The molecular weight excluding hydrogens is 832 g/mol. The Labute approximate surface area is 398 Å². The number of unbranched alkanes of at least 4 members (excludes halogenated alkanes) is 12. The van der Waals surface area contributed by atoms with Crippen LogP contribution in [-0.4, -0.2) is 79.8 Å². The van der Waals surface area contributed by atoms with Gasteiger partial charge in [0.05, 0.1) is 39.9 Å². The number of phosphoric ester groups is 1. The van der Waals surface area contributed by atoms with Gasteiger partial charge in [-0.1, -0.05) is 175 Å². The lowest BCUT2D eigenvalue weighted by Crippen LogP contribution is -2.51. The second-order valence-corrected chi connectivity index (χ2v) is 19.3. The molecular formula is C55H95N2O7P. The minimum atomic E-state index is -4.69. The molecule has 0 aromatic rings. The summed E-state index contributed by atoms with van der Waals surface area (Å²) in [5, 5.41) is 24.6. The molecule has 10 heteroatoms. The zero-order chi connectivity index (χ0) is 48.0. The van der Waals surface area contributed by atoms with E-state index in [1.165, 1.54) is 44.9 Å². The Hall–Kier alpha value is -2.88. The molecule has 0 bridgehead atoms. The zero-order valence-corrected chi connectivity index (χ0v) is 42.6. The van der Waals surface area contributed by atoms with E-state index in [2.05, 4.69) is 129 Å². The number of amides is 1. The van der Waals surface area contributed by atoms with Gasteiger partial charge in [-0.25, -0.2) is 0 Å². The van der Waals surface area contributed by atoms with Gasteiger partial charge in [-0.2, -0.15) is 0 Å². The van der Waals surface area contributed by atoms with Crippen LogP contribution >= 0.6 is 7.82 Å². The van der Waals surface area contributed by atoms with Crippen LogP contribution in [0.25, 0.3) is 0 Å². The van der Waals surface area contributed by atoms with E-state index in [9.17, 15) is 24.5 Å². The summed E-state index contributed by atoms with van der Waals surface area (Å²) >= 11 is 0. The summed E-state index contributed by atoms with van der Waals surface area (Å²) in [6.07, 6.45) is 61.4. The van der Waals surface area contributed by atoms with Gasteiger partial charge in [-0.15, -0.1) is 0 Å². The van der Waals surface area contributed by atoms with Crippen molar-refractivity contribution >= 4 is 13.7 Å². The van der Waals surface area contributed by atoms with Crippen molar-refractivity contribution in [3.8, 4) is 0 Å². The third-order valence-electron chi connectivity index (χ3n) is 10.6. The van der Waals surface area contributed by atoms with E-state index in [-0.39, 0.29) is 18.9 Å². The highest BCUT2D eigenvalue weighted by Gasteiger charge is 2.29. The molecule has 0 aliphatic rings. The fraction of sp³-hybridized carbons (Fsp3) is 0.655. The van der Waals surface area contributed by atoms with E-state index in [1.54, 1.807) is 0 Å². The van der Waals surface area contributed by atoms with E-state index in [4.69, 9.17) is 9.05 Å². The third-order valence-corrected chi connectivity index (χ3v) is 11.6. The first-order valence-corrected chi connectivity index (χ1v) is 26.8. The molecule has 9 nitrogen and oxygen atoms in total. The van der Waals surface area contributed by atoms with Crippen molar-refractivity contribution in [2.75, 3.05) is 40.9 Å². The topological polar surface area (TPSA) is 128 Å². The maximum Gasteiger partial charge on any atom is 0.268 e. The largest absolute Gasteiger partial charge is 0.756 e. The maximum atomic E-state index is 12.9. The Morgan fingerprint density at radius 1 is 0.569 bits per heavy atom. The Balaban J connectivity index is 4.43. The van der Waals surface area contributed by atoms with Crippen molar-refractivity contribution in [2.24, 2.45) is 0 Å². The number of aliphatic hydroxyl groups is 2. The molecule has 0 radical (unpaired) electrons. The fourth-order valence-corrected chi connectivity index (χ4v) is 7.28. The first-order valence-electron chi connectivity index (χ1n) is 25.3. The number of hydrogen-bond acceptors (Lipinski definition) is 7. The Morgan fingerprint density at radius 2 is 0.969 bits per heavy atom. The lowest BCUT2D eigenvalue weighted by atomic mass is 10.0. The third kappa shape index (κ3) is 46.0. The van der Waals surface area contributed by atoms with Crippen molar-refractivity contribution < 1.29 is 38.0 Å². The molecule has 0 spiro atoms. The van der Waals surface area contributed by atoms with Gasteiger partial charge in [0, 0.05) is 6.42 Å². The first-order chi connectivity index (χ1) is 31.4. The van der Waals surface area contributed by atoms with Gasteiger partial charge in [0.25, 0.3) is 7.82 Å². The van der Waals surface area contributed by atoms with Crippen molar-refractivity contribution in [3.05, 3.63) is 109 Å². The van der Waals surface area contributed by atoms with Crippen LogP contribution < -0.4 is 10.2 Å². The van der Waals surface area contributed by atoms with Gasteiger partial charge >= 0.3 is 0 Å². The number of nitrogens with zero attached hydrogens (tertiary/aromatic N) is 1. The summed E-state index contributed by atoms with van der Waals surface area (Å²) in [5.41, 5.74) is 0. The summed E-state index contributed by atoms with van der Waals surface area (Å²) in [6.45, 7) is 4.25. The molecule has 4 atom stereocenters. The van der Waals surface area contributed by atoms with E-state index < -0.39 is 32.7 Å². The summed E-state index contributed by atoms with van der Waals surface area (Å²) in [5.74, 6) is -0.319. The number of nitrogens with one attached hydrogen (secondary N) is 1. The summed E-state index contributed by atoms with van der Waals surface area (Å²) in [4.78, 5) is 25.4. The van der Waals surface area contributed by atoms with E-state index in [0.717, 1.165) is 89.9 Å². The van der Waals surface area contributed by atoms with E-state index >= 15 is 0 Å². The molecule has 1 amide bonds. The lowest BCUT2D eigenvalue weighted by Gasteiger charge is -2.31. The number of carbonyl (C=O) groups excluding carboxylic acids is 1. The predicted octanol–water partition coefficient (Wildman–Crippen LogP) is 13.2. The summed E-state index contributed by atoms with van der Waals surface area (Å²) in [7, 11) is 1.07. The minimum absolute atomic E-state index is 0.0580. The van der Waals surface area contributed by atoms with Crippen molar-refractivity contribution in [2.45, 2.75) is 193 Å². The smallest absolute Gasteiger partial charge is 0.268 e. The van der Waals surface area contributed by atoms with Crippen LogP contribution in [0.5, 0.6) is 0 Å². The number of likely N-dealkylation sites (N-methyl/N-ethyl adjacent to an activating group) is 1. The molecule has 4 unspecified atom stereocenters. The molecule has 0 saturated heterocycles. The predicted molar refractivity (Wildman–Crippen MR) is 275 cm³/mol. The molecule has 0 rings (SSSR count). The number of rotatable bonds is 44. The maximum absolute atomic E-state index is 12.9. The van der Waals surface area contributed by atoms with Crippen LogP contribution in [0.3, 0.4) is 0 Å². The molecule has 0 aliphatic heterocycles. The number of hydrogen-bond donors (Lipinski definition) is 3. The highest BCUT2D eigenvalue weighted by Crippen LogP contribution is 2.38. The lowest BCUT2D eigenvalue weighted by molar-refractivity contribution is -0.870. The van der Waals surface area contributed by atoms with Crippen LogP contribution in [-0.2, 0) is 18.4 Å². The van der Waals surface area contributed by atoms with Gasteiger partial charge in [-0.3, -0.25) is 9.36 Å². The molecule has 0 heterocycles. The quantitative estimate of drug-likeness (QED) is 0.0240. The fourth-order valence-electron chi connectivity index (χ4n) is 6.56. The highest BCUT2D eigenvalue weighted by atomic mass is 31.2. The van der Waals surface area contributed by atoms with E-state index in [0.29, 0.717) is 30.3 Å². The number of phosphoric acid groups is 1. The normalized spacial score (nSPS) is 15.5. The van der Waals surface area contributed by atoms with Crippen LogP contribution in [0.4, 0.5) is 0 Å². The summed E-state index contributed by atoms with van der Waals surface area (Å²) < 4.78 is 23.2. The second-order valence-electron chi connectivity index (χ2n) is 17.9. The van der Waals surface area contributed by atoms with Gasteiger partial charge < -0.3 is 34.0 Å². The summed E-state index contributed by atoms with van der Waals surface area (Å²) in [6, 6.07) is -1.11. The average molecular weight is 927 g/mol. The molecule has 65 heavy (non-hydrogen) atoms. The zero-order valence-electron chi connectivity index (χ0n) is 41.8.